The van der Waals surface area contributed by atoms with Crippen LogP contribution in [-0.4, -0.2) is 38.7 Å². The van der Waals surface area contributed by atoms with Crippen LogP contribution < -0.4 is 5.32 Å². The molecule has 0 unspecified atom stereocenters. The predicted molar refractivity (Wildman–Crippen MR) is 116 cm³/mol. The Kier molecular flexibility index (Phi) is 5.69. The zero-order valence-electron chi connectivity index (χ0n) is 17.1. The number of aryl methyl sites for hydroxylation is 1. The summed E-state index contributed by atoms with van der Waals surface area (Å²) < 4.78 is 15.3. The van der Waals surface area contributed by atoms with Crippen LogP contribution in [0.15, 0.2) is 35.7 Å². The highest BCUT2D eigenvalue weighted by atomic mass is 32.1. The standard InChI is InChI=1S/C22H21FN4O3S/c1-13-11-17(14(2)27(13)16-5-3-15(23)4-6-16)18-12-31-22(24-18)25-19(28)9-10-26-20(29)7-8-21(26)30/h3-6,11-12H,7-10H2,1-2H3,(H,24,25,28). The molecule has 0 spiro atoms. The van der Waals surface area contributed by atoms with Crippen molar-refractivity contribution in [3.05, 3.63) is 52.9 Å². The van der Waals surface area contributed by atoms with Crippen LogP contribution in [-0.2, 0) is 14.4 Å². The monoisotopic (exact) mass is 440 g/mol. The van der Waals surface area contributed by atoms with Crippen LogP contribution >= 0.6 is 11.3 Å². The predicted octanol–water partition coefficient (Wildman–Crippen LogP) is 3.83. The SMILES string of the molecule is Cc1cc(-c2csc(NC(=O)CCN3C(=O)CCC3=O)n2)c(C)n1-c1ccc(F)cc1. The van der Waals surface area contributed by atoms with Gasteiger partial charge < -0.3 is 9.88 Å². The van der Waals surface area contributed by atoms with Gasteiger partial charge in [-0.05, 0) is 44.2 Å². The topological polar surface area (TPSA) is 84.3 Å². The van der Waals surface area contributed by atoms with Gasteiger partial charge in [0.05, 0.1) is 5.69 Å². The minimum Gasteiger partial charge on any atom is -0.318 e. The van der Waals surface area contributed by atoms with E-state index in [1.165, 1.54) is 23.5 Å². The van der Waals surface area contributed by atoms with Crippen LogP contribution in [0.5, 0.6) is 0 Å². The van der Waals surface area contributed by atoms with Crippen LogP contribution in [0.25, 0.3) is 16.9 Å². The van der Waals surface area contributed by atoms with Gasteiger partial charge in [0.1, 0.15) is 5.82 Å². The first-order valence-corrected chi connectivity index (χ1v) is 10.8. The van der Waals surface area contributed by atoms with Gasteiger partial charge >= 0.3 is 0 Å². The van der Waals surface area contributed by atoms with E-state index in [4.69, 9.17) is 0 Å². The number of carbonyl (C=O) groups is 3. The van der Waals surface area contributed by atoms with Crippen LogP contribution in [0.3, 0.4) is 0 Å². The number of benzene rings is 1. The Morgan fingerprint density at radius 3 is 2.52 bits per heavy atom. The molecule has 1 aliphatic heterocycles. The Bertz CT molecular complexity index is 1150. The maximum atomic E-state index is 13.3. The van der Waals surface area contributed by atoms with Crippen LogP contribution in [0.2, 0.25) is 0 Å². The molecule has 0 bridgehead atoms. The van der Waals surface area contributed by atoms with E-state index in [0.29, 0.717) is 5.13 Å². The lowest BCUT2D eigenvalue weighted by molar-refractivity contribution is -0.138. The molecule has 3 amide bonds. The number of nitrogens with one attached hydrogen (secondary N) is 1. The molecule has 1 N–H and O–H groups in total. The molecule has 1 aromatic carbocycles. The number of aromatic nitrogens is 2. The summed E-state index contributed by atoms with van der Waals surface area (Å²) in [6, 6.07) is 8.30. The zero-order valence-corrected chi connectivity index (χ0v) is 18.0. The van der Waals surface area contributed by atoms with Crippen molar-refractivity contribution < 1.29 is 18.8 Å². The fraction of sp³-hybridized carbons (Fsp3) is 0.273. The Hall–Kier alpha value is -3.33. The summed E-state index contributed by atoms with van der Waals surface area (Å²) in [7, 11) is 0. The van der Waals surface area contributed by atoms with Gasteiger partial charge in [-0.3, -0.25) is 19.3 Å². The van der Waals surface area contributed by atoms with Crippen molar-refractivity contribution in [2.24, 2.45) is 0 Å². The second-order valence-electron chi connectivity index (χ2n) is 7.37. The second kappa shape index (κ2) is 8.43. The number of nitrogens with zero attached hydrogens (tertiary/aromatic N) is 3. The summed E-state index contributed by atoms with van der Waals surface area (Å²) in [6.45, 7) is 4.02. The van der Waals surface area contributed by atoms with Gasteiger partial charge in [-0.1, -0.05) is 0 Å². The van der Waals surface area contributed by atoms with Crippen molar-refractivity contribution >= 4 is 34.2 Å². The first kappa shape index (κ1) is 20.9. The van der Waals surface area contributed by atoms with E-state index in [1.807, 2.05) is 29.9 Å². The van der Waals surface area contributed by atoms with Crippen molar-refractivity contribution in [3.63, 3.8) is 0 Å². The van der Waals surface area contributed by atoms with Crippen LogP contribution in [0.4, 0.5) is 9.52 Å². The van der Waals surface area contributed by atoms with Gasteiger partial charge in [0.15, 0.2) is 5.13 Å². The lowest BCUT2D eigenvalue weighted by atomic mass is 10.2. The molecule has 3 heterocycles. The number of thiazole rings is 1. The zero-order chi connectivity index (χ0) is 22.1. The Morgan fingerprint density at radius 1 is 1.16 bits per heavy atom. The number of imide groups is 1. The third-order valence-corrected chi connectivity index (χ3v) is 6.02. The van der Waals surface area contributed by atoms with E-state index in [9.17, 15) is 18.8 Å². The fourth-order valence-corrected chi connectivity index (χ4v) is 4.46. The fourth-order valence-electron chi connectivity index (χ4n) is 3.73. The van der Waals surface area contributed by atoms with E-state index in [1.54, 1.807) is 12.1 Å². The Morgan fingerprint density at radius 2 is 1.84 bits per heavy atom. The summed E-state index contributed by atoms with van der Waals surface area (Å²) in [5, 5.41) is 5.05. The Labute approximate surface area is 182 Å². The normalized spacial score (nSPS) is 13.8. The number of hydrogen-bond acceptors (Lipinski definition) is 5. The molecule has 1 aliphatic rings. The molecule has 0 aliphatic carbocycles. The first-order valence-electron chi connectivity index (χ1n) is 9.87. The number of hydrogen-bond donors (Lipinski definition) is 1. The van der Waals surface area contributed by atoms with E-state index in [-0.39, 0.29) is 49.3 Å². The minimum absolute atomic E-state index is 0.0332. The molecule has 9 heteroatoms. The van der Waals surface area contributed by atoms with Crippen molar-refractivity contribution in [1.82, 2.24) is 14.5 Å². The third-order valence-electron chi connectivity index (χ3n) is 5.26. The summed E-state index contributed by atoms with van der Waals surface area (Å²) in [5.41, 5.74) is 4.45. The van der Waals surface area contributed by atoms with Crippen molar-refractivity contribution in [2.75, 3.05) is 11.9 Å². The molecule has 31 heavy (non-hydrogen) atoms. The number of halogens is 1. The second-order valence-corrected chi connectivity index (χ2v) is 8.23. The maximum absolute atomic E-state index is 13.3. The van der Waals surface area contributed by atoms with Gasteiger partial charge in [-0.2, -0.15) is 0 Å². The molecule has 160 valence electrons. The lowest BCUT2D eigenvalue weighted by Gasteiger charge is -2.12. The summed E-state index contributed by atoms with van der Waals surface area (Å²) in [6.07, 6.45) is 0.463. The van der Waals surface area contributed by atoms with Gasteiger partial charge in [0.25, 0.3) is 0 Å². The summed E-state index contributed by atoms with van der Waals surface area (Å²) in [5.74, 6) is -1.05. The molecular weight excluding hydrogens is 419 g/mol. The molecule has 0 saturated carbocycles. The van der Waals surface area contributed by atoms with Crippen molar-refractivity contribution in [1.29, 1.82) is 0 Å². The molecule has 4 rings (SSSR count). The molecule has 7 nitrogen and oxygen atoms in total. The smallest absolute Gasteiger partial charge is 0.229 e. The van der Waals surface area contributed by atoms with Gasteiger partial charge in [0, 0.05) is 53.8 Å². The molecular formula is C22H21FN4O3S. The highest BCUT2D eigenvalue weighted by molar-refractivity contribution is 7.14. The average Bonchev–Trinajstić information content (AvgIpc) is 3.40. The molecule has 1 fully saturated rings. The molecule has 0 radical (unpaired) electrons. The number of rotatable bonds is 6. The van der Waals surface area contributed by atoms with Gasteiger partial charge in [-0.25, -0.2) is 9.37 Å². The highest BCUT2D eigenvalue weighted by Gasteiger charge is 2.28. The van der Waals surface area contributed by atoms with E-state index in [0.717, 1.165) is 33.2 Å². The molecule has 0 atom stereocenters. The van der Waals surface area contributed by atoms with Crippen LogP contribution in [0, 0.1) is 19.7 Å². The number of likely N-dealkylation sites (tertiary alicyclic amines) is 1. The summed E-state index contributed by atoms with van der Waals surface area (Å²) >= 11 is 1.30. The third kappa shape index (κ3) is 4.27. The van der Waals surface area contributed by atoms with Crippen molar-refractivity contribution in [2.45, 2.75) is 33.1 Å². The van der Waals surface area contributed by atoms with Crippen molar-refractivity contribution in [3.8, 4) is 16.9 Å². The number of carbonyl (C=O) groups excluding carboxylic acids is 3. The largest absolute Gasteiger partial charge is 0.318 e. The summed E-state index contributed by atoms with van der Waals surface area (Å²) in [4.78, 5) is 41.2. The molecule has 2 aromatic heterocycles. The van der Waals surface area contributed by atoms with E-state index >= 15 is 0 Å². The van der Waals surface area contributed by atoms with Gasteiger partial charge in [0.2, 0.25) is 17.7 Å². The lowest BCUT2D eigenvalue weighted by Crippen LogP contribution is -2.32. The quantitative estimate of drug-likeness (QED) is 0.591. The average molecular weight is 441 g/mol. The maximum Gasteiger partial charge on any atom is 0.229 e. The number of amides is 3. The Balaban J connectivity index is 1.46. The minimum atomic E-state index is -0.301. The van der Waals surface area contributed by atoms with Crippen LogP contribution in [0.1, 0.15) is 30.7 Å². The van der Waals surface area contributed by atoms with E-state index < -0.39 is 0 Å². The first-order chi connectivity index (χ1) is 14.8. The molecule has 3 aromatic rings. The van der Waals surface area contributed by atoms with E-state index in [2.05, 4.69) is 10.3 Å². The number of anilines is 1. The highest BCUT2D eigenvalue weighted by Crippen LogP contribution is 2.31. The molecule has 1 saturated heterocycles. The van der Waals surface area contributed by atoms with Gasteiger partial charge in [-0.15, -0.1) is 11.3 Å².